The summed E-state index contributed by atoms with van der Waals surface area (Å²) in [5.74, 6) is -0.0185. The molecule has 2 amide bonds. The van der Waals surface area contributed by atoms with Crippen molar-refractivity contribution in [1.29, 1.82) is 0 Å². The zero-order chi connectivity index (χ0) is 19.2. The monoisotopic (exact) mass is 374 g/mol. The molecular formula is C21H24F2N2O2. The van der Waals surface area contributed by atoms with E-state index in [4.69, 9.17) is 0 Å². The van der Waals surface area contributed by atoms with Gasteiger partial charge in [0, 0.05) is 12.6 Å². The van der Waals surface area contributed by atoms with Crippen molar-refractivity contribution < 1.29 is 18.3 Å². The number of rotatable bonds is 5. The van der Waals surface area contributed by atoms with Gasteiger partial charge in [-0.05, 0) is 49.8 Å². The molecule has 144 valence electrons. The number of ether oxygens (including phenoxy) is 1. The third-order valence-electron chi connectivity index (χ3n) is 4.88. The number of likely N-dealkylation sites (tertiary alicyclic amines) is 1. The van der Waals surface area contributed by atoms with Crippen LogP contribution in [0.3, 0.4) is 0 Å². The summed E-state index contributed by atoms with van der Waals surface area (Å²) in [7, 11) is 0. The Morgan fingerprint density at radius 2 is 1.96 bits per heavy atom. The molecule has 1 saturated heterocycles. The number of nitrogens with zero attached hydrogens (tertiary/aromatic N) is 1. The number of hydrogen-bond donors (Lipinski definition) is 1. The Morgan fingerprint density at radius 1 is 1.19 bits per heavy atom. The zero-order valence-corrected chi connectivity index (χ0v) is 15.3. The molecule has 1 atom stereocenters. The number of carbonyl (C=O) groups is 1. The molecule has 6 heteroatoms. The van der Waals surface area contributed by atoms with Gasteiger partial charge in [0.1, 0.15) is 5.75 Å². The van der Waals surface area contributed by atoms with Gasteiger partial charge in [-0.2, -0.15) is 8.78 Å². The lowest BCUT2D eigenvalue weighted by Gasteiger charge is -2.36. The lowest BCUT2D eigenvalue weighted by molar-refractivity contribution is -0.0493. The molecule has 1 aliphatic rings. The van der Waals surface area contributed by atoms with Crippen molar-refractivity contribution >= 4 is 11.7 Å². The maximum atomic E-state index is 12.9. The lowest BCUT2D eigenvalue weighted by atomic mass is 9.96. The minimum atomic E-state index is -2.94. The molecule has 1 fully saturated rings. The highest BCUT2D eigenvalue weighted by atomic mass is 19.3. The van der Waals surface area contributed by atoms with Crippen molar-refractivity contribution in [3.8, 4) is 5.75 Å². The van der Waals surface area contributed by atoms with E-state index in [-0.39, 0.29) is 17.8 Å². The highest BCUT2D eigenvalue weighted by molar-refractivity contribution is 5.92. The number of amides is 2. The molecule has 2 aromatic rings. The highest BCUT2D eigenvalue weighted by Gasteiger charge is 2.28. The first-order valence-electron chi connectivity index (χ1n) is 9.20. The number of anilines is 1. The van der Waals surface area contributed by atoms with Crippen LogP contribution in [0, 0.1) is 6.92 Å². The number of urea groups is 1. The Labute approximate surface area is 158 Å². The van der Waals surface area contributed by atoms with Crippen molar-refractivity contribution in [3.05, 3.63) is 59.7 Å². The summed E-state index contributed by atoms with van der Waals surface area (Å²) in [6.45, 7) is -0.533. The number of piperidine rings is 1. The van der Waals surface area contributed by atoms with E-state index in [1.54, 1.807) is 19.1 Å². The van der Waals surface area contributed by atoms with E-state index in [0.717, 1.165) is 25.7 Å². The molecule has 0 saturated carbocycles. The minimum absolute atomic E-state index is 0.0185. The summed E-state index contributed by atoms with van der Waals surface area (Å²) in [5.41, 5.74) is 2.16. The number of carbonyl (C=O) groups excluding carboxylic acids is 1. The van der Waals surface area contributed by atoms with E-state index in [1.807, 2.05) is 23.1 Å². The van der Waals surface area contributed by atoms with Crippen LogP contribution >= 0.6 is 0 Å². The average molecular weight is 374 g/mol. The Balaban J connectivity index is 1.76. The summed E-state index contributed by atoms with van der Waals surface area (Å²) in [6, 6.07) is 14.7. The Bertz CT molecular complexity index is 768. The maximum absolute atomic E-state index is 12.9. The number of hydrogen-bond acceptors (Lipinski definition) is 2. The highest BCUT2D eigenvalue weighted by Crippen LogP contribution is 2.30. The number of para-hydroxylation sites is 1. The van der Waals surface area contributed by atoms with Crippen LogP contribution in [0.2, 0.25) is 0 Å². The standard InChI is InChI=1S/C21H24F2N2O2/c1-15-8-7-12-18(27-20(22)23)19(15)24-21(26)25-13-6-5-11-17(25)14-16-9-3-2-4-10-16/h2-4,7-10,12,17,20H,5-6,11,13-14H2,1H3,(H,24,26). The minimum Gasteiger partial charge on any atom is -0.433 e. The smallest absolute Gasteiger partial charge is 0.387 e. The summed E-state index contributed by atoms with van der Waals surface area (Å²) in [4.78, 5) is 14.7. The average Bonchev–Trinajstić information content (AvgIpc) is 2.65. The van der Waals surface area contributed by atoms with Gasteiger partial charge < -0.3 is 15.0 Å². The third kappa shape index (κ3) is 4.96. The number of nitrogens with one attached hydrogen (secondary N) is 1. The molecule has 0 aliphatic carbocycles. The van der Waals surface area contributed by atoms with Crippen LogP contribution in [0.5, 0.6) is 5.75 Å². The van der Waals surface area contributed by atoms with Gasteiger partial charge in [-0.3, -0.25) is 0 Å². The van der Waals surface area contributed by atoms with Gasteiger partial charge in [-0.15, -0.1) is 0 Å². The molecule has 0 spiro atoms. The predicted molar refractivity (Wildman–Crippen MR) is 101 cm³/mol. The van der Waals surface area contributed by atoms with Crippen molar-refractivity contribution in [1.82, 2.24) is 4.90 Å². The first-order valence-corrected chi connectivity index (χ1v) is 9.20. The van der Waals surface area contributed by atoms with Crippen LogP contribution in [0.4, 0.5) is 19.3 Å². The predicted octanol–water partition coefficient (Wildman–Crippen LogP) is 5.23. The Hall–Kier alpha value is -2.63. The fraction of sp³-hybridized carbons (Fsp3) is 0.381. The third-order valence-corrected chi connectivity index (χ3v) is 4.88. The Kier molecular flexibility index (Phi) is 6.27. The quantitative estimate of drug-likeness (QED) is 0.779. The van der Waals surface area contributed by atoms with E-state index in [0.29, 0.717) is 17.8 Å². The van der Waals surface area contributed by atoms with Crippen LogP contribution in [-0.4, -0.2) is 30.1 Å². The van der Waals surface area contributed by atoms with Crippen molar-refractivity contribution in [2.45, 2.75) is 45.3 Å². The molecule has 1 heterocycles. The Morgan fingerprint density at radius 3 is 2.70 bits per heavy atom. The molecule has 1 N–H and O–H groups in total. The van der Waals surface area contributed by atoms with E-state index in [2.05, 4.69) is 22.2 Å². The molecule has 1 aliphatic heterocycles. The summed E-state index contributed by atoms with van der Waals surface area (Å²) < 4.78 is 29.9. The van der Waals surface area contributed by atoms with Crippen LogP contribution < -0.4 is 10.1 Å². The summed E-state index contributed by atoms with van der Waals surface area (Å²) in [6.07, 6.45) is 3.72. The van der Waals surface area contributed by atoms with Gasteiger partial charge in [0.25, 0.3) is 0 Å². The molecular weight excluding hydrogens is 350 g/mol. The molecule has 0 radical (unpaired) electrons. The normalized spacial score (nSPS) is 17.0. The van der Waals surface area contributed by atoms with E-state index in [1.165, 1.54) is 11.6 Å². The molecule has 2 aromatic carbocycles. The van der Waals surface area contributed by atoms with Crippen molar-refractivity contribution in [2.75, 3.05) is 11.9 Å². The fourth-order valence-corrected chi connectivity index (χ4v) is 3.54. The van der Waals surface area contributed by atoms with E-state index >= 15 is 0 Å². The lowest BCUT2D eigenvalue weighted by Crippen LogP contribution is -2.47. The molecule has 1 unspecified atom stereocenters. The number of benzene rings is 2. The zero-order valence-electron chi connectivity index (χ0n) is 15.3. The number of halogens is 2. The van der Waals surface area contributed by atoms with Crippen molar-refractivity contribution in [2.24, 2.45) is 0 Å². The van der Waals surface area contributed by atoms with E-state index < -0.39 is 6.61 Å². The molecule has 27 heavy (non-hydrogen) atoms. The van der Waals surface area contributed by atoms with Crippen LogP contribution in [0.15, 0.2) is 48.5 Å². The van der Waals surface area contributed by atoms with Gasteiger partial charge in [-0.25, -0.2) is 4.79 Å². The second kappa shape index (κ2) is 8.84. The van der Waals surface area contributed by atoms with Crippen LogP contribution in [-0.2, 0) is 6.42 Å². The largest absolute Gasteiger partial charge is 0.433 e. The SMILES string of the molecule is Cc1cccc(OC(F)F)c1NC(=O)N1CCCCC1Cc1ccccc1. The maximum Gasteiger partial charge on any atom is 0.387 e. The second-order valence-corrected chi connectivity index (χ2v) is 6.79. The van der Waals surface area contributed by atoms with Crippen molar-refractivity contribution in [3.63, 3.8) is 0 Å². The summed E-state index contributed by atoms with van der Waals surface area (Å²) >= 11 is 0. The summed E-state index contributed by atoms with van der Waals surface area (Å²) in [5, 5.41) is 2.80. The molecule has 0 aromatic heterocycles. The second-order valence-electron chi connectivity index (χ2n) is 6.79. The molecule has 3 rings (SSSR count). The van der Waals surface area contributed by atoms with Gasteiger partial charge in [0.05, 0.1) is 5.69 Å². The first-order chi connectivity index (χ1) is 13.0. The molecule has 0 bridgehead atoms. The van der Waals surface area contributed by atoms with Gasteiger partial charge in [-0.1, -0.05) is 42.5 Å². The van der Waals surface area contributed by atoms with Gasteiger partial charge >= 0.3 is 12.6 Å². The number of alkyl halides is 2. The topological polar surface area (TPSA) is 41.6 Å². The van der Waals surface area contributed by atoms with E-state index in [9.17, 15) is 13.6 Å². The number of aryl methyl sites for hydroxylation is 1. The van der Waals surface area contributed by atoms with Gasteiger partial charge in [0.2, 0.25) is 0 Å². The van der Waals surface area contributed by atoms with Crippen LogP contribution in [0.25, 0.3) is 0 Å². The van der Waals surface area contributed by atoms with Crippen LogP contribution in [0.1, 0.15) is 30.4 Å². The fourth-order valence-electron chi connectivity index (χ4n) is 3.54. The molecule has 4 nitrogen and oxygen atoms in total. The van der Waals surface area contributed by atoms with Gasteiger partial charge in [0.15, 0.2) is 0 Å². The first kappa shape index (κ1) is 19.1.